The third kappa shape index (κ3) is 4.99. The largest absolute Gasteiger partial charge is 0.365 e. The molecule has 1 fully saturated rings. The highest BCUT2D eigenvalue weighted by Crippen LogP contribution is 2.39. The van der Waals surface area contributed by atoms with Crippen LogP contribution in [0.25, 0.3) is 0 Å². The normalized spacial score (nSPS) is 17.5. The van der Waals surface area contributed by atoms with Gasteiger partial charge in [0.15, 0.2) is 0 Å². The summed E-state index contributed by atoms with van der Waals surface area (Å²) in [6, 6.07) is 9.62. The topological polar surface area (TPSA) is 111 Å². The molecule has 31 heavy (non-hydrogen) atoms. The number of halogens is 1. The maximum Gasteiger partial charge on any atom is 0.271 e. The van der Waals surface area contributed by atoms with Gasteiger partial charge < -0.3 is 4.90 Å². The monoisotopic (exact) mass is 502 g/mol. The Kier molecular flexibility index (Phi) is 7.18. The smallest absolute Gasteiger partial charge is 0.271 e. The molecule has 1 aromatic carbocycles. The van der Waals surface area contributed by atoms with Gasteiger partial charge in [0, 0.05) is 26.7 Å². The molecule has 8 nitrogen and oxygen atoms in total. The number of nitrogens with zero attached hydrogens (tertiary/aromatic N) is 3. The first-order valence-electron chi connectivity index (χ1n) is 9.55. The van der Waals surface area contributed by atoms with Gasteiger partial charge in [0.25, 0.3) is 20.0 Å². The van der Waals surface area contributed by atoms with Crippen molar-refractivity contribution in [1.29, 1.82) is 5.26 Å². The molecular weight excluding hydrogens is 480 g/mol. The molecule has 0 amide bonds. The Morgan fingerprint density at radius 2 is 1.90 bits per heavy atom. The Hall–Kier alpha value is -1.84. The molecule has 1 atom stereocenters. The quantitative estimate of drug-likeness (QED) is 0.617. The van der Waals surface area contributed by atoms with Crippen molar-refractivity contribution in [3.63, 3.8) is 0 Å². The number of para-hydroxylation sites is 1. The van der Waals surface area contributed by atoms with E-state index in [1.54, 1.807) is 18.2 Å². The van der Waals surface area contributed by atoms with Gasteiger partial charge in [-0.1, -0.05) is 17.7 Å². The second-order valence-electron chi connectivity index (χ2n) is 7.31. The van der Waals surface area contributed by atoms with E-state index in [-0.39, 0.29) is 14.5 Å². The molecule has 3 rings (SSSR count). The number of thiophene rings is 1. The number of hydrogen-bond acceptors (Lipinski definition) is 7. The summed E-state index contributed by atoms with van der Waals surface area (Å²) in [5.74, 6) is 0. The van der Waals surface area contributed by atoms with Gasteiger partial charge in [-0.25, -0.2) is 21.1 Å². The molecule has 1 aliphatic rings. The lowest BCUT2D eigenvalue weighted by Crippen LogP contribution is -2.40. The number of benzene rings is 1. The van der Waals surface area contributed by atoms with Gasteiger partial charge in [-0.05, 0) is 43.5 Å². The van der Waals surface area contributed by atoms with Gasteiger partial charge in [-0.15, -0.1) is 11.3 Å². The minimum absolute atomic E-state index is 0.0551. The van der Waals surface area contributed by atoms with Gasteiger partial charge >= 0.3 is 0 Å². The molecule has 0 bridgehead atoms. The first kappa shape index (κ1) is 23.8. The van der Waals surface area contributed by atoms with E-state index < -0.39 is 20.0 Å². The summed E-state index contributed by atoms with van der Waals surface area (Å²) < 4.78 is 54.1. The minimum Gasteiger partial charge on any atom is -0.365 e. The molecule has 1 N–H and O–H groups in total. The van der Waals surface area contributed by atoms with E-state index >= 15 is 0 Å². The van der Waals surface area contributed by atoms with E-state index in [9.17, 15) is 22.1 Å². The predicted molar refractivity (Wildman–Crippen MR) is 123 cm³/mol. The van der Waals surface area contributed by atoms with Crippen molar-refractivity contribution in [3.8, 4) is 6.07 Å². The van der Waals surface area contributed by atoms with Crippen LogP contribution in [0.3, 0.4) is 0 Å². The second kappa shape index (κ2) is 9.34. The molecule has 12 heteroatoms. The van der Waals surface area contributed by atoms with Crippen LogP contribution in [0.5, 0.6) is 0 Å². The number of piperidine rings is 1. The molecule has 2 aromatic rings. The van der Waals surface area contributed by atoms with Crippen LogP contribution in [0.1, 0.15) is 25.7 Å². The van der Waals surface area contributed by atoms with E-state index in [0.717, 1.165) is 23.6 Å². The van der Waals surface area contributed by atoms with E-state index in [4.69, 9.17) is 11.6 Å². The highest BCUT2D eigenvalue weighted by molar-refractivity contribution is 7.96. The average molecular weight is 503 g/mol. The summed E-state index contributed by atoms with van der Waals surface area (Å²) in [7, 11) is -5.02. The molecule has 1 aromatic heterocycles. The van der Waals surface area contributed by atoms with Crippen molar-refractivity contribution < 1.29 is 16.8 Å². The number of hydrogen-bond donors (Lipinski definition) is 1. The van der Waals surface area contributed by atoms with Crippen LogP contribution in [-0.2, 0) is 20.0 Å². The summed E-state index contributed by atoms with van der Waals surface area (Å²) in [4.78, 5) is 1.99. The Bertz CT molecular complexity index is 1200. The average Bonchev–Trinajstić information content (AvgIpc) is 3.21. The number of nitrogens with one attached hydrogen (secondary N) is 1. The SMILES string of the molecule is CN(C)S(=O)(=O)c1ccc(S(=O)(=O)Nc2cccc(Cl)c2N2CCCCC2CC#N)s1. The zero-order valence-corrected chi connectivity index (χ0v) is 20.3. The summed E-state index contributed by atoms with van der Waals surface area (Å²) in [6.07, 6.45) is 3.04. The fourth-order valence-electron chi connectivity index (χ4n) is 3.46. The van der Waals surface area contributed by atoms with Crippen molar-refractivity contribution in [1.82, 2.24) is 4.31 Å². The lowest BCUT2D eigenvalue weighted by Gasteiger charge is -2.38. The van der Waals surface area contributed by atoms with Crippen molar-refractivity contribution in [2.24, 2.45) is 0 Å². The molecule has 1 unspecified atom stereocenters. The Balaban J connectivity index is 1.97. The number of rotatable bonds is 7. The van der Waals surface area contributed by atoms with Gasteiger partial charge in [-0.3, -0.25) is 4.72 Å². The van der Waals surface area contributed by atoms with E-state index in [1.807, 2.05) is 4.90 Å². The molecule has 0 saturated carbocycles. The van der Waals surface area contributed by atoms with Crippen molar-refractivity contribution >= 4 is 54.4 Å². The molecule has 0 radical (unpaired) electrons. The fraction of sp³-hybridized carbons (Fsp3) is 0.421. The van der Waals surface area contributed by atoms with E-state index in [0.29, 0.717) is 40.7 Å². The molecular formula is C19H23ClN4O4S3. The van der Waals surface area contributed by atoms with E-state index in [1.165, 1.54) is 26.2 Å². The Morgan fingerprint density at radius 1 is 1.19 bits per heavy atom. The second-order valence-corrected chi connectivity index (χ2v) is 13.1. The molecule has 1 aliphatic heterocycles. The summed E-state index contributed by atoms with van der Waals surface area (Å²) >= 11 is 7.14. The van der Waals surface area contributed by atoms with Crippen LogP contribution in [0, 0.1) is 11.3 Å². The van der Waals surface area contributed by atoms with Crippen LogP contribution in [0.4, 0.5) is 11.4 Å². The first-order chi connectivity index (χ1) is 14.6. The number of sulfonamides is 2. The molecule has 0 aliphatic carbocycles. The van der Waals surface area contributed by atoms with Crippen molar-refractivity contribution in [3.05, 3.63) is 35.4 Å². The molecule has 168 valence electrons. The van der Waals surface area contributed by atoms with Crippen LogP contribution < -0.4 is 9.62 Å². The zero-order chi connectivity index (χ0) is 22.8. The van der Waals surface area contributed by atoms with Crippen LogP contribution in [0.2, 0.25) is 5.02 Å². The maximum absolute atomic E-state index is 13.0. The lowest BCUT2D eigenvalue weighted by molar-refractivity contribution is 0.465. The predicted octanol–water partition coefficient (Wildman–Crippen LogP) is 3.73. The Morgan fingerprint density at radius 3 is 2.58 bits per heavy atom. The van der Waals surface area contributed by atoms with Crippen molar-refractivity contribution in [2.75, 3.05) is 30.3 Å². The number of nitriles is 1. The van der Waals surface area contributed by atoms with Gasteiger partial charge in [0.2, 0.25) is 0 Å². The molecule has 2 heterocycles. The number of anilines is 2. The summed E-state index contributed by atoms with van der Waals surface area (Å²) in [6.45, 7) is 0.662. The third-order valence-corrected chi connectivity index (χ3v) is 10.6. The highest BCUT2D eigenvalue weighted by Gasteiger charge is 2.29. The molecule has 1 saturated heterocycles. The van der Waals surface area contributed by atoms with Gasteiger partial charge in [0.1, 0.15) is 8.42 Å². The summed E-state index contributed by atoms with van der Waals surface area (Å²) in [5, 5.41) is 9.57. The minimum atomic E-state index is -4.05. The van der Waals surface area contributed by atoms with Crippen LogP contribution in [0.15, 0.2) is 38.8 Å². The lowest BCUT2D eigenvalue weighted by atomic mass is 9.98. The van der Waals surface area contributed by atoms with Gasteiger partial charge in [-0.2, -0.15) is 5.26 Å². The third-order valence-electron chi connectivity index (χ3n) is 5.03. The van der Waals surface area contributed by atoms with Crippen LogP contribution >= 0.6 is 22.9 Å². The van der Waals surface area contributed by atoms with Gasteiger partial charge in [0.05, 0.1) is 28.9 Å². The Labute approximate surface area is 192 Å². The maximum atomic E-state index is 13.0. The zero-order valence-electron chi connectivity index (χ0n) is 17.1. The highest BCUT2D eigenvalue weighted by atomic mass is 35.5. The standard InChI is InChI=1S/C19H23ClN4O4S3/c1-23(2)31(27,28)18-10-9-17(29-18)30(25,26)22-16-8-5-7-15(20)19(16)24-13-4-3-6-14(24)11-12-21/h5,7-10,14,22H,3-4,6,11,13H2,1-2H3. The van der Waals surface area contributed by atoms with Crippen LogP contribution in [-0.4, -0.2) is 47.8 Å². The fourth-order valence-corrected chi connectivity index (χ4v) is 7.75. The van der Waals surface area contributed by atoms with Crippen molar-refractivity contribution in [2.45, 2.75) is 40.1 Å². The summed E-state index contributed by atoms with van der Waals surface area (Å²) in [5.41, 5.74) is 0.827. The first-order valence-corrected chi connectivity index (χ1v) is 13.7. The van der Waals surface area contributed by atoms with E-state index in [2.05, 4.69) is 10.8 Å². The molecule has 0 spiro atoms.